The van der Waals surface area contributed by atoms with Crippen LogP contribution in [0.2, 0.25) is 0 Å². The first-order valence-corrected chi connectivity index (χ1v) is 9.93. The summed E-state index contributed by atoms with van der Waals surface area (Å²) in [7, 11) is 0. The van der Waals surface area contributed by atoms with Crippen LogP contribution < -0.4 is 4.90 Å². The van der Waals surface area contributed by atoms with Gasteiger partial charge >= 0.3 is 0 Å². The highest BCUT2D eigenvalue weighted by Gasteiger charge is 2.36. The highest BCUT2D eigenvalue weighted by molar-refractivity contribution is 9.10. The molecular weight excluding hydrogens is 391 g/mol. The zero-order chi connectivity index (χ0) is 19.1. The van der Waals surface area contributed by atoms with Gasteiger partial charge in [-0.15, -0.1) is 0 Å². The Morgan fingerprint density at radius 1 is 1.31 bits per heavy atom. The van der Waals surface area contributed by atoms with E-state index in [0.29, 0.717) is 11.5 Å². The molecule has 2 aromatic rings. The van der Waals surface area contributed by atoms with Gasteiger partial charge in [0.05, 0.1) is 5.69 Å². The Morgan fingerprint density at radius 3 is 2.69 bits per heavy atom. The van der Waals surface area contributed by atoms with Gasteiger partial charge in [-0.1, -0.05) is 22.9 Å². The minimum Gasteiger partial charge on any atom is -0.366 e. The van der Waals surface area contributed by atoms with Crippen LogP contribution in [-0.2, 0) is 0 Å². The molecule has 0 fully saturated rings. The number of fused-ring (bicyclic) bond motifs is 1. The summed E-state index contributed by atoms with van der Waals surface area (Å²) in [6, 6.07) is 9.57. The van der Waals surface area contributed by atoms with Crippen LogP contribution in [-0.4, -0.2) is 18.3 Å². The van der Waals surface area contributed by atoms with Gasteiger partial charge in [-0.05, 0) is 81.5 Å². The normalized spacial score (nSPS) is 19.0. The van der Waals surface area contributed by atoms with E-state index in [0.717, 1.165) is 34.4 Å². The van der Waals surface area contributed by atoms with Crippen molar-refractivity contribution in [3.63, 3.8) is 0 Å². The van der Waals surface area contributed by atoms with E-state index in [2.05, 4.69) is 53.5 Å². The highest BCUT2D eigenvalue weighted by atomic mass is 79.9. The van der Waals surface area contributed by atoms with E-state index >= 15 is 0 Å². The van der Waals surface area contributed by atoms with Crippen LogP contribution >= 0.6 is 15.9 Å². The Kier molecular flexibility index (Phi) is 5.25. The molecule has 0 aliphatic carbocycles. The fourth-order valence-corrected chi connectivity index (χ4v) is 4.60. The minimum atomic E-state index is -0.217. The first-order chi connectivity index (χ1) is 12.2. The van der Waals surface area contributed by atoms with Crippen molar-refractivity contribution in [2.75, 3.05) is 11.4 Å². The maximum atomic E-state index is 14.8. The highest BCUT2D eigenvalue weighted by Crippen LogP contribution is 2.43. The third kappa shape index (κ3) is 3.57. The molecule has 1 aliphatic heterocycles. The smallest absolute Gasteiger partial charge is 0.134 e. The van der Waals surface area contributed by atoms with Crippen LogP contribution in [0.25, 0.3) is 0 Å². The van der Waals surface area contributed by atoms with Crippen molar-refractivity contribution >= 4 is 33.5 Å². The van der Waals surface area contributed by atoms with E-state index in [1.54, 1.807) is 12.3 Å². The maximum absolute atomic E-state index is 14.8. The lowest BCUT2D eigenvalue weighted by Gasteiger charge is -2.47. The molecule has 4 heteroatoms. The second kappa shape index (κ2) is 7.15. The third-order valence-corrected chi connectivity index (χ3v) is 5.82. The Hall–Kier alpha value is -1.68. The Balaban J connectivity index is 2.01. The van der Waals surface area contributed by atoms with Crippen LogP contribution in [0.4, 0.5) is 15.8 Å². The molecule has 0 amide bonds. The van der Waals surface area contributed by atoms with Gasteiger partial charge in [0.2, 0.25) is 0 Å². The molecule has 138 valence electrons. The molecule has 0 spiro atoms. The van der Waals surface area contributed by atoms with Crippen molar-refractivity contribution in [2.24, 2.45) is 4.99 Å². The van der Waals surface area contributed by atoms with E-state index in [1.807, 2.05) is 31.2 Å². The van der Waals surface area contributed by atoms with Gasteiger partial charge in [0.15, 0.2) is 0 Å². The molecule has 1 unspecified atom stereocenters. The zero-order valence-electron chi connectivity index (χ0n) is 16.1. The molecule has 3 rings (SSSR count). The number of rotatable bonds is 3. The fraction of sp³-hybridized carbons (Fsp3) is 0.409. The fourth-order valence-electron chi connectivity index (χ4n) is 4.12. The summed E-state index contributed by atoms with van der Waals surface area (Å²) in [5.41, 5.74) is 4.73. The number of benzene rings is 2. The number of aliphatic imine (C=N–C) groups is 1. The molecule has 2 nitrogen and oxygen atoms in total. The van der Waals surface area contributed by atoms with E-state index in [9.17, 15) is 4.39 Å². The lowest BCUT2D eigenvalue weighted by molar-refractivity contribution is 0.380. The van der Waals surface area contributed by atoms with Crippen molar-refractivity contribution in [3.05, 3.63) is 57.3 Å². The Labute approximate surface area is 164 Å². The first-order valence-electron chi connectivity index (χ1n) is 9.14. The van der Waals surface area contributed by atoms with Crippen molar-refractivity contribution < 1.29 is 4.39 Å². The van der Waals surface area contributed by atoms with E-state index in [-0.39, 0.29) is 11.4 Å². The van der Waals surface area contributed by atoms with Gasteiger partial charge in [-0.3, -0.25) is 4.99 Å². The monoisotopic (exact) mass is 416 g/mol. The number of halogens is 2. The van der Waals surface area contributed by atoms with Crippen LogP contribution in [0.1, 0.15) is 56.7 Å². The van der Waals surface area contributed by atoms with Gasteiger partial charge in [0.25, 0.3) is 0 Å². The molecule has 1 heterocycles. The summed E-state index contributed by atoms with van der Waals surface area (Å²) >= 11 is 3.46. The van der Waals surface area contributed by atoms with E-state index in [4.69, 9.17) is 0 Å². The van der Waals surface area contributed by atoms with Gasteiger partial charge in [-0.2, -0.15) is 0 Å². The number of hydrogen-bond acceptors (Lipinski definition) is 2. The predicted octanol–water partition coefficient (Wildman–Crippen LogP) is 6.76. The molecule has 0 bridgehead atoms. The second-order valence-electron chi connectivity index (χ2n) is 7.78. The number of aryl methyl sites for hydroxylation is 1. The second-order valence-corrected chi connectivity index (χ2v) is 8.70. The van der Waals surface area contributed by atoms with Crippen LogP contribution in [0.5, 0.6) is 0 Å². The predicted molar refractivity (Wildman–Crippen MR) is 113 cm³/mol. The quantitative estimate of drug-likeness (QED) is 0.504. The summed E-state index contributed by atoms with van der Waals surface area (Å²) in [4.78, 5) is 6.83. The zero-order valence-corrected chi connectivity index (χ0v) is 17.7. The van der Waals surface area contributed by atoms with Crippen molar-refractivity contribution in [1.29, 1.82) is 0 Å². The van der Waals surface area contributed by atoms with Gasteiger partial charge < -0.3 is 4.90 Å². The van der Waals surface area contributed by atoms with Gasteiger partial charge in [0.1, 0.15) is 5.82 Å². The van der Waals surface area contributed by atoms with Crippen molar-refractivity contribution in [2.45, 2.75) is 52.5 Å². The lowest BCUT2D eigenvalue weighted by Crippen LogP contribution is -2.48. The molecule has 2 aromatic carbocycles. The summed E-state index contributed by atoms with van der Waals surface area (Å²) in [6.45, 7) is 11.7. The molecule has 0 radical (unpaired) electrons. The Bertz CT molecular complexity index is 857. The third-order valence-electron chi connectivity index (χ3n) is 5.32. The molecule has 0 saturated heterocycles. The molecular formula is C22H26BrFN2. The summed E-state index contributed by atoms with van der Waals surface area (Å²) in [5, 5.41) is 0. The van der Waals surface area contributed by atoms with E-state index < -0.39 is 0 Å². The Morgan fingerprint density at radius 2 is 2.04 bits per heavy atom. The van der Waals surface area contributed by atoms with E-state index in [1.165, 1.54) is 5.56 Å². The van der Waals surface area contributed by atoms with Crippen LogP contribution in [0.15, 0.2) is 39.8 Å². The number of nitrogens with zero attached hydrogens (tertiary/aromatic N) is 2. The standard InChI is InChI=1S/C22H26BrFN2/c1-6-26-21-11-19(24)16(10-18(21)15(3)12-22(26,4)5)13-25-20-8-7-17(23)9-14(20)2/h7-11,13,15H,6,12H2,1-5H3. The molecule has 1 atom stereocenters. The van der Waals surface area contributed by atoms with Crippen molar-refractivity contribution in [1.82, 2.24) is 0 Å². The lowest BCUT2D eigenvalue weighted by atomic mass is 9.79. The minimum absolute atomic E-state index is 0.0394. The topological polar surface area (TPSA) is 15.6 Å². The summed E-state index contributed by atoms with van der Waals surface area (Å²) in [5.74, 6) is 0.176. The molecule has 0 N–H and O–H groups in total. The van der Waals surface area contributed by atoms with Crippen LogP contribution in [0.3, 0.4) is 0 Å². The molecule has 0 saturated carbocycles. The average Bonchev–Trinajstić information content (AvgIpc) is 2.54. The maximum Gasteiger partial charge on any atom is 0.134 e. The molecule has 0 aromatic heterocycles. The van der Waals surface area contributed by atoms with Gasteiger partial charge in [0, 0.05) is 34.0 Å². The average molecular weight is 417 g/mol. The largest absolute Gasteiger partial charge is 0.366 e. The van der Waals surface area contributed by atoms with Crippen LogP contribution in [0, 0.1) is 12.7 Å². The SMILES string of the molecule is CCN1c2cc(F)c(C=Nc3ccc(Br)cc3C)cc2C(C)CC1(C)C. The number of hydrogen-bond donors (Lipinski definition) is 0. The first kappa shape index (κ1) is 19.1. The molecule has 1 aliphatic rings. The molecule has 26 heavy (non-hydrogen) atoms. The summed E-state index contributed by atoms with van der Waals surface area (Å²) < 4.78 is 15.8. The number of anilines is 1. The van der Waals surface area contributed by atoms with Gasteiger partial charge in [-0.25, -0.2) is 4.39 Å². The summed E-state index contributed by atoms with van der Waals surface area (Å²) in [6.07, 6.45) is 2.70. The van der Waals surface area contributed by atoms with Crippen molar-refractivity contribution in [3.8, 4) is 0 Å².